The zero-order chi connectivity index (χ0) is 28.8. The predicted molar refractivity (Wildman–Crippen MR) is 153 cm³/mol. The van der Waals surface area contributed by atoms with Crippen molar-refractivity contribution < 1.29 is 17.9 Å². The number of H-pyrrole nitrogens is 1. The normalized spacial score (nSPS) is 20.4. The Morgan fingerprint density at radius 3 is 2.43 bits per heavy atom. The highest BCUT2D eigenvalue weighted by Crippen LogP contribution is 2.38. The quantitative estimate of drug-likeness (QED) is 0.249. The molecule has 4 heterocycles. The molecule has 0 bridgehead atoms. The second kappa shape index (κ2) is 10.6. The van der Waals surface area contributed by atoms with Gasteiger partial charge in [0.25, 0.3) is 0 Å². The van der Waals surface area contributed by atoms with Crippen molar-refractivity contribution in [3.63, 3.8) is 0 Å². The number of nitrogen functional groups attached to an aromatic ring is 1. The van der Waals surface area contributed by atoms with Crippen molar-refractivity contribution in [1.82, 2.24) is 34.8 Å². The minimum Gasteiger partial charge on any atom is -0.383 e. The Morgan fingerprint density at radius 2 is 1.69 bits per heavy atom. The van der Waals surface area contributed by atoms with Crippen molar-refractivity contribution in [2.24, 2.45) is 0 Å². The SMILES string of the molecule is Nc1ncnc2c1c(-c1ccc3[nH]nc(Nc4ccc(C(F)(F)F)cc4)c3c1)nn2C1CCC(N2CCOCC2)CC1. The molecule has 2 aliphatic rings. The van der Waals surface area contributed by atoms with E-state index in [1.165, 1.54) is 18.5 Å². The van der Waals surface area contributed by atoms with Crippen molar-refractivity contribution in [1.29, 1.82) is 0 Å². The second-order valence-electron chi connectivity index (χ2n) is 10.9. The molecule has 1 saturated heterocycles. The van der Waals surface area contributed by atoms with Crippen molar-refractivity contribution in [3.05, 3.63) is 54.4 Å². The van der Waals surface area contributed by atoms with Gasteiger partial charge in [-0.1, -0.05) is 6.07 Å². The Hall–Kier alpha value is -4.23. The molecule has 4 N–H and O–H groups in total. The highest BCUT2D eigenvalue weighted by atomic mass is 19.4. The van der Waals surface area contributed by atoms with Gasteiger partial charge >= 0.3 is 6.18 Å². The van der Waals surface area contributed by atoms with Gasteiger partial charge in [-0.25, -0.2) is 14.6 Å². The molecule has 1 aliphatic carbocycles. The lowest BCUT2D eigenvalue weighted by molar-refractivity contribution is -0.137. The molecule has 3 aromatic heterocycles. The molecule has 0 radical (unpaired) electrons. The predicted octanol–water partition coefficient (Wildman–Crippen LogP) is 5.53. The summed E-state index contributed by atoms with van der Waals surface area (Å²) >= 11 is 0. The standard InChI is InChI=1S/C29H30F3N9O/c30-29(31,32)18-2-4-19(5-3-18)36-27-22-15-17(1-10-23(22)37-38-27)25-24-26(33)34-16-35-28(24)41(39-25)21-8-6-20(7-9-21)40-11-13-42-14-12-40/h1-5,10,15-16,20-21H,6-9,11-14H2,(H2,33,34,35)(H2,36,37,38). The Balaban J connectivity index is 1.19. The molecule has 2 fully saturated rings. The Labute approximate surface area is 239 Å². The first-order valence-electron chi connectivity index (χ1n) is 14.1. The molecule has 7 rings (SSSR count). The molecule has 0 amide bonds. The third-order valence-corrected chi connectivity index (χ3v) is 8.40. The van der Waals surface area contributed by atoms with E-state index in [1.54, 1.807) is 0 Å². The highest BCUT2D eigenvalue weighted by Gasteiger charge is 2.31. The Morgan fingerprint density at radius 1 is 0.952 bits per heavy atom. The van der Waals surface area contributed by atoms with E-state index in [-0.39, 0.29) is 6.04 Å². The van der Waals surface area contributed by atoms with Gasteiger partial charge in [-0.05, 0) is 62.1 Å². The summed E-state index contributed by atoms with van der Waals surface area (Å²) < 4.78 is 46.5. The number of benzene rings is 2. The first-order chi connectivity index (χ1) is 20.3. The maximum Gasteiger partial charge on any atom is 0.416 e. The molecule has 13 heteroatoms. The van der Waals surface area contributed by atoms with Crippen LogP contribution in [0.1, 0.15) is 37.3 Å². The zero-order valence-electron chi connectivity index (χ0n) is 22.7. The van der Waals surface area contributed by atoms with E-state index in [2.05, 4.69) is 30.4 Å². The monoisotopic (exact) mass is 577 g/mol. The van der Waals surface area contributed by atoms with Crippen LogP contribution in [0.2, 0.25) is 0 Å². The van der Waals surface area contributed by atoms with Gasteiger partial charge in [-0.3, -0.25) is 10.00 Å². The smallest absolute Gasteiger partial charge is 0.383 e. The molecule has 218 valence electrons. The lowest BCUT2D eigenvalue weighted by Gasteiger charge is -2.38. The number of anilines is 3. The highest BCUT2D eigenvalue weighted by molar-refractivity contribution is 6.01. The van der Waals surface area contributed by atoms with E-state index in [0.717, 1.165) is 80.6 Å². The summed E-state index contributed by atoms with van der Waals surface area (Å²) in [5.74, 6) is 0.847. The summed E-state index contributed by atoms with van der Waals surface area (Å²) in [5, 5.41) is 17.0. The summed E-state index contributed by atoms with van der Waals surface area (Å²) in [6.45, 7) is 3.57. The maximum absolute atomic E-state index is 13.0. The molecule has 42 heavy (non-hydrogen) atoms. The molecule has 1 saturated carbocycles. The number of fused-ring (bicyclic) bond motifs is 2. The lowest BCUT2D eigenvalue weighted by atomic mass is 9.90. The minimum atomic E-state index is -4.40. The summed E-state index contributed by atoms with van der Waals surface area (Å²) in [5.41, 5.74) is 9.14. The van der Waals surface area contributed by atoms with Gasteiger partial charge in [0.2, 0.25) is 0 Å². The van der Waals surface area contributed by atoms with E-state index in [4.69, 9.17) is 15.6 Å². The Bertz CT molecular complexity index is 1720. The number of hydrogen-bond donors (Lipinski definition) is 3. The average molecular weight is 578 g/mol. The van der Waals surface area contributed by atoms with E-state index in [9.17, 15) is 13.2 Å². The van der Waals surface area contributed by atoms with Crippen LogP contribution in [0.3, 0.4) is 0 Å². The van der Waals surface area contributed by atoms with Gasteiger partial charge in [0, 0.05) is 35.8 Å². The summed E-state index contributed by atoms with van der Waals surface area (Å²) in [4.78, 5) is 11.4. The first kappa shape index (κ1) is 26.7. The average Bonchev–Trinajstić information content (AvgIpc) is 3.60. The topological polar surface area (TPSA) is 123 Å². The number of morpholine rings is 1. The van der Waals surface area contributed by atoms with Crippen LogP contribution in [0.5, 0.6) is 0 Å². The molecule has 1 aliphatic heterocycles. The fourth-order valence-electron chi connectivity index (χ4n) is 6.20. The van der Waals surface area contributed by atoms with E-state index >= 15 is 0 Å². The number of aromatic amines is 1. The van der Waals surface area contributed by atoms with Crippen LogP contribution >= 0.6 is 0 Å². The van der Waals surface area contributed by atoms with Crippen LogP contribution in [0.4, 0.5) is 30.5 Å². The van der Waals surface area contributed by atoms with Gasteiger partial charge in [-0.15, -0.1) is 0 Å². The van der Waals surface area contributed by atoms with Crippen molar-refractivity contribution in [3.8, 4) is 11.3 Å². The maximum atomic E-state index is 13.0. The van der Waals surface area contributed by atoms with Gasteiger partial charge in [0.15, 0.2) is 11.5 Å². The third kappa shape index (κ3) is 4.92. The zero-order valence-corrected chi connectivity index (χ0v) is 22.7. The second-order valence-corrected chi connectivity index (χ2v) is 10.9. The number of halogens is 3. The van der Waals surface area contributed by atoms with Gasteiger partial charge in [0.1, 0.15) is 17.8 Å². The molecule has 0 unspecified atom stereocenters. The number of nitrogens with zero attached hydrogens (tertiary/aromatic N) is 6. The lowest BCUT2D eigenvalue weighted by Crippen LogP contribution is -2.45. The molecule has 2 aromatic carbocycles. The van der Waals surface area contributed by atoms with Crippen molar-refractivity contribution in [2.45, 2.75) is 43.9 Å². The van der Waals surface area contributed by atoms with E-state index in [1.807, 2.05) is 22.9 Å². The van der Waals surface area contributed by atoms with Gasteiger partial charge in [-0.2, -0.15) is 23.4 Å². The van der Waals surface area contributed by atoms with Crippen LogP contribution in [0.25, 0.3) is 33.2 Å². The van der Waals surface area contributed by atoms with E-state index < -0.39 is 11.7 Å². The molecule has 0 atom stereocenters. The van der Waals surface area contributed by atoms with Crippen LogP contribution < -0.4 is 11.1 Å². The van der Waals surface area contributed by atoms with Crippen molar-refractivity contribution in [2.75, 3.05) is 37.4 Å². The van der Waals surface area contributed by atoms with Crippen LogP contribution in [0, 0.1) is 0 Å². The van der Waals surface area contributed by atoms with Gasteiger partial charge < -0.3 is 15.8 Å². The van der Waals surface area contributed by atoms with E-state index in [0.29, 0.717) is 40.1 Å². The summed E-state index contributed by atoms with van der Waals surface area (Å²) in [6, 6.07) is 11.4. The number of hydrogen-bond acceptors (Lipinski definition) is 8. The number of nitrogens with one attached hydrogen (secondary N) is 2. The number of nitrogens with two attached hydrogens (primary N) is 1. The number of alkyl halides is 3. The van der Waals surface area contributed by atoms with Crippen LogP contribution in [0.15, 0.2) is 48.8 Å². The molecular weight excluding hydrogens is 547 g/mol. The van der Waals surface area contributed by atoms with Crippen LogP contribution in [-0.4, -0.2) is 67.2 Å². The molecular formula is C29H30F3N9O. The van der Waals surface area contributed by atoms with Crippen molar-refractivity contribution >= 4 is 39.3 Å². The van der Waals surface area contributed by atoms with Crippen LogP contribution in [-0.2, 0) is 10.9 Å². The fourth-order valence-corrected chi connectivity index (χ4v) is 6.20. The van der Waals surface area contributed by atoms with Gasteiger partial charge in [0.05, 0.1) is 35.7 Å². The summed E-state index contributed by atoms with van der Waals surface area (Å²) in [6.07, 6.45) is 1.23. The fraction of sp³-hybridized carbons (Fsp3) is 0.379. The molecule has 10 nitrogen and oxygen atoms in total. The number of aromatic nitrogens is 6. The largest absolute Gasteiger partial charge is 0.416 e. The first-order valence-corrected chi connectivity index (χ1v) is 14.1. The molecule has 0 spiro atoms. The summed E-state index contributed by atoms with van der Waals surface area (Å²) in [7, 11) is 0. The number of ether oxygens (including phenoxy) is 1. The Kier molecular flexibility index (Phi) is 6.70. The number of rotatable bonds is 5. The third-order valence-electron chi connectivity index (χ3n) is 8.40. The molecule has 5 aromatic rings. The minimum absolute atomic E-state index is 0.197.